The number of methoxy groups -OCH3 is 1. The molecule has 0 unspecified atom stereocenters. The fraction of sp³-hybridized carbons (Fsp3) is 0.120. The average Bonchev–Trinajstić information content (AvgIpc) is 3.27. The molecule has 1 aromatic heterocycles. The standard InChI is InChI=1S/C25H21ClN4O3S/c1-16(31)27-20-10-6-17(7-11-20)23(32)15-34-25-29-28-24(18-4-3-5-22(14-18)33-2)30(25)21-12-8-19(26)9-13-21/h3-14H,15H2,1-2H3,(H,27,31). The Balaban J connectivity index is 1.61. The van der Waals surface area contributed by atoms with Gasteiger partial charge in [-0.3, -0.25) is 14.2 Å². The number of carbonyl (C=O) groups excluding carboxylic acids is 2. The number of hydrogen-bond acceptors (Lipinski definition) is 6. The third-order valence-corrected chi connectivity index (χ3v) is 6.09. The summed E-state index contributed by atoms with van der Waals surface area (Å²) >= 11 is 7.38. The average molecular weight is 493 g/mol. The van der Waals surface area contributed by atoms with Gasteiger partial charge in [-0.25, -0.2) is 0 Å². The van der Waals surface area contributed by atoms with Gasteiger partial charge in [-0.1, -0.05) is 35.5 Å². The van der Waals surface area contributed by atoms with Gasteiger partial charge in [0.25, 0.3) is 0 Å². The number of carbonyl (C=O) groups is 2. The molecule has 9 heteroatoms. The van der Waals surface area contributed by atoms with Gasteiger partial charge < -0.3 is 10.1 Å². The molecule has 0 spiro atoms. The highest BCUT2D eigenvalue weighted by atomic mass is 35.5. The summed E-state index contributed by atoms with van der Waals surface area (Å²) in [6.45, 7) is 1.44. The maximum atomic E-state index is 12.8. The second kappa shape index (κ2) is 10.5. The normalized spacial score (nSPS) is 10.7. The first kappa shape index (κ1) is 23.5. The molecule has 0 aliphatic heterocycles. The number of hydrogen-bond donors (Lipinski definition) is 1. The van der Waals surface area contributed by atoms with Crippen molar-refractivity contribution in [3.8, 4) is 22.8 Å². The van der Waals surface area contributed by atoms with Crippen LogP contribution in [0.5, 0.6) is 5.75 Å². The molecule has 4 rings (SSSR count). The minimum Gasteiger partial charge on any atom is -0.497 e. The molecule has 0 saturated heterocycles. The van der Waals surface area contributed by atoms with Gasteiger partial charge in [-0.15, -0.1) is 10.2 Å². The number of amides is 1. The van der Waals surface area contributed by atoms with E-state index in [1.165, 1.54) is 18.7 Å². The molecule has 3 aromatic carbocycles. The van der Waals surface area contributed by atoms with Gasteiger partial charge in [-0.2, -0.15) is 0 Å². The number of aromatic nitrogens is 3. The Morgan fingerprint density at radius 3 is 2.44 bits per heavy atom. The van der Waals surface area contributed by atoms with Crippen LogP contribution in [0, 0.1) is 0 Å². The molecule has 172 valence electrons. The third kappa shape index (κ3) is 5.47. The van der Waals surface area contributed by atoms with E-state index < -0.39 is 0 Å². The molecule has 1 heterocycles. The number of rotatable bonds is 8. The van der Waals surface area contributed by atoms with Crippen LogP contribution in [0.4, 0.5) is 5.69 Å². The predicted molar refractivity (Wildman–Crippen MR) is 134 cm³/mol. The molecule has 1 N–H and O–H groups in total. The van der Waals surface area contributed by atoms with E-state index in [0.717, 1.165) is 11.3 Å². The second-order valence-corrected chi connectivity index (χ2v) is 8.70. The summed E-state index contributed by atoms with van der Waals surface area (Å²) in [5, 5.41) is 12.6. The van der Waals surface area contributed by atoms with Crippen LogP contribution in [-0.4, -0.2) is 39.3 Å². The van der Waals surface area contributed by atoms with Crippen LogP contribution < -0.4 is 10.1 Å². The van der Waals surface area contributed by atoms with Crippen LogP contribution in [0.15, 0.2) is 78.0 Å². The minimum absolute atomic E-state index is 0.0621. The second-order valence-electron chi connectivity index (χ2n) is 7.32. The van der Waals surface area contributed by atoms with Crippen LogP contribution in [0.3, 0.4) is 0 Å². The fourth-order valence-electron chi connectivity index (χ4n) is 3.29. The lowest BCUT2D eigenvalue weighted by Crippen LogP contribution is -2.07. The van der Waals surface area contributed by atoms with Crippen LogP contribution in [0.2, 0.25) is 5.02 Å². The molecule has 0 radical (unpaired) electrons. The zero-order chi connectivity index (χ0) is 24.1. The van der Waals surface area contributed by atoms with E-state index >= 15 is 0 Å². The van der Waals surface area contributed by atoms with Gasteiger partial charge in [0.1, 0.15) is 5.75 Å². The van der Waals surface area contributed by atoms with E-state index in [-0.39, 0.29) is 17.4 Å². The summed E-state index contributed by atoms with van der Waals surface area (Å²) in [5.41, 5.74) is 2.84. The van der Waals surface area contributed by atoms with Crippen LogP contribution >= 0.6 is 23.4 Å². The highest BCUT2D eigenvalue weighted by molar-refractivity contribution is 7.99. The van der Waals surface area contributed by atoms with Crippen molar-refractivity contribution in [2.45, 2.75) is 12.1 Å². The number of nitrogens with one attached hydrogen (secondary N) is 1. The van der Waals surface area contributed by atoms with Crippen molar-refractivity contribution >= 4 is 40.7 Å². The Bertz CT molecular complexity index is 1320. The highest BCUT2D eigenvalue weighted by Gasteiger charge is 2.18. The van der Waals surface area contributed by atoms with Gasteiger partial charge in [0.2, 0.25) is 5.91 Å². The molecule has 0 saturated carbocycles. The molecule has 0 bridgehead atoms. The van der Waals surface area contributed by atoms with Crippen molar-refractivity contribution in [2.75, 3.05) is 18.2 Å². The van der Waals surface area contributed by atoms with Crippen LogP contribution in [0.1, 0.15) is 17.3 Å². The van der Waals surface area contributed by atoms with Crippen LogP contribution in [-0.2, 0) is 4.79 Å². The fourth-order valence-corrected chi connectivity index (χ4v) is 4.26. The molecule has 7 nitrogen and oxygen atoms in total. The summed E-state index contributed by atoms with van der Waals surface area (Å²) in [7, 11) is 1.61. The first-order chi connectivity index (χ1) is 16.4. The lowest BCUT2D eigenvalue weighted by molar-refractivity contribution is -0.114. The molecular weight excluding hydrogens is 472 g/mol. The van der Waals surface area contributed by atoms with Crippen molar-refractivity contribution in [1.29, 1.82) is 0 Å². The Kier molecular flexibility index (Phi) is 7.30. The van der Waals surface area contributed by atoms with Crippen molar-refractivity contribution in [3.05, 3.63) is 83.4 Å². The molecule has 0 fully saturated rings. The maximum Gasteiger partial charge on any atom is 0.221 e. The van der Waals surface area contributed by atoms with Crippen molar-refractivity contribution in [2.24, 2.45) is 0 Å². The number of nitrogens with zero attached hydrogens (tertiary/aromatic N) is 3. The number of thioether (sulfide) groups is 1. The van der Waals surface area contributed by atoms with Gasteiger partial charge in [-0.05, 0) is 60.7 Å². The van der Waals surface area contributed by atoms with Crippen molar-refractivity contribution in [1.82, 2.24) is 14.8 Å². The summed E-state index contributed by atoms with van der Waals surface area (Å²) in [6, 6.07) is 21.7. The first-order valence-electron chi connectivity index (χ1n) is 10.3. The summed E-state index contributed by atoms with van der Waals surface area (Å²) in [4.78, 5) is 24.0. The topological polar surface area (TPSA) is 86.1 Å². The maximum absolute atomic E-state index is 12.8. The van der Waals surface area contributed by atoms with Crippen LogP contribution in [0.25, 0.3) is 17.1 Å². The smallest absolute Gasteiger partial charge is 0.221 e. The van der Waals surface area contributed by atoms with Gasteiger partial charge >= 0.3 is 0 Å². The summed E-state index contributed by atoms with van der Waals surface area (Å²) < 4.78 is 7.25. The first-order valence-corrected chi connectivity index (χ1v) is 11.7. The summed E-state index contributed by atoms with van der Waals surface area (Å²) in [5.74, 6) is 1.27. The number of halogens is 1. The molecule has 0 atom stereocenters. The lowest BCUT2D eigenvalue weighted by atomic mass is 10.1. The van der Waals surface area contributed by atoms with Gasteiger partial charge in [0, 0.05) is 34.4 Å². The number of ether oxygens (including phenoxy) is 1. The quantitative estimate of drug-likeness (QED) is 0.257. The SMILES string of the molecule is COc1cccc(-c2nnc(SCC(=O)c3ccc(NC(C)=O)cc3)n2-c2ccc(Cl)cc2)c1. The Morgan fingerprint density at radius 1 is 1.03 bits per heavy atom. The Hall–Kier alpha value is -3.62. The Labute approximate surface area is 206 Å². The van der Waals surface area contributed by atoms with E-state index in [1.807, 2.05) is 41.0 Å². The third-order valence-electron chi connectivity index (χ3n) is 4.91. The largest absolute Gasteiger partial charge is 0.497 e. The molecular formula is C25H21ClN4O3S. The molecule has 0 aliphatic rings. The van der Waals surface area contributed by atoms with E-state index in [9.17, 15) is 9.59 Å². The van der Waals surface area contributed by atoms with Crippen molar-refractivity contribution < 1.29 is 14.3 Å². The van der Waals surface area contributed by atoms with Gasteiger partial charge in [0.05, 0.1) is 12.9 Å². The lowest BCUT2D eigenvalue weighted by Gasteiger charge is -2.11. The van der Waals surface area contributed by atoms with E-state index in [0.29, 0.717) is 33.0 Å². The van der Waals surface area contributed by atoms with E-state index in [2.05, 4.69) is 15.5 Å². The number of anilines is 1. The molecule has 34 heavy (non-hydrogen) atoms. The highest BCUT2D eigenvalue weighted by Crippen LogP contribution is 2.30. The monoisotopic (exact) mass is 492 g/mol. The van der Waals surface area contributed by atoms with Crippen molar-refractivity contribution in [3.63, 3.8) is 0 Å². The Morgan fingerprint density at radius 2 is 1.76 bits per heavy atom. The number of benzene rings is 3. The zero-order valence-electron chi connectivity index (χ0n) is 18.5. The molecule has 1 amide bonds. The van der Waals surface area contributed by atoms with E-state index in [4.69, 9.17) is 16.3 Å². The van der Waals surface area contributed by atoms with Gasteiger partial charge in [0.15, 0.2) is 16.8 Å². The zero-order valence-corrected chi connectivity index (χ0v) is 20.1. The van der Waals surface area contributed by atoms with E-state index in [1.54, 1.807) is 43.5 Å². The minimum atomic E-state index is -0.164. The summed E-state index contributed by atoms with van der Waals surface area (Å²) in [6.07, 6.45) is 0. The molecule has 4 aromatic rings. The predicted octanol–water partition coefficient (Wildman–Crippen LogP) is 5.53. The molecule has 0 aliphatic carbocycles. The number of Topliss-reactive ketones (excluding diaryl/α,β-unsaturated/α-hetero) is 1. The number of ketones is 1.